The highest BCUT2D eigenvalue weighted by Gasteiger charge is 2.26. The highest BCUT2D eigenvalue weighted by atomic mass is 16.5. The number of aliphatic hydroxyl groups is 1. The Morgan fingerprint density at radius 1 is 1.38 bits per heavy atom. The number of nitrogens with zero attached hydrogens (tertiary/aromatic N) is 2. The first-order valence-electron chi connectivity index (χ1n) is 4.15. The van der Waals surface area contributed by atoms with Gasteiger partial charge in [-0.3, -0.25) is 0 Å². The molecule has 1 aliphatic heterocycles. The van der Waals surface area contributed by atoms with E-state index in [2.05, 4.69) is 15.3 Å². The van der Waals surface area contributed by atoms with Crippen LogP contribution in [0.25, 0.3) is 0 Å². The zero-order valence-corrected chi connectivity index (χ0v) is 7.05. The molecule has 0 aliphatic carbocycles. The average molecular weight is 181 g/mol. The highest BCUT2D eigenvalue weighted by molar-refractivity contribution is 5.25. The Hall–Kier alpha value is -1.20. The molecular formula is C8H11N3O2. The van der Waals surface area contributed by atoms with Gasteiger partial charge in [-0.1, -0.05) is 0 Å². The summed E-state index contributed by atoms with van der Waals surface area (Å²) >= 11 is 0. The van der Waals surface area contributed by atoms with Crippen LogP contribution in [0.1, 0.15) is 0 Å². The molecule has 5 nitrogen and oxygen atoms in total. The third kappa shape index (κ3) is 1.93. The van der Waals surface area contributed by atoms with Gasteiger partial charge in [0, 0.05) is 12.4 Å². The fourth-order valence-electron chi connectivity index (χ4n) is 1.22. The van der Waals surface area contributed by atoms with Gasteiger partial charge < -0.3 is 15.2 Å². The van der Waals surface area contributed by atoms with E-state index in [0.717, 1.165) is 0 Å². The Bertz CT molecular complexity index is 267. The normalized spacial score (nSPS) is 27.5. The van der Waals surface area contributed by atoms with E-state index >= 15 is 0 Å². The SMILES string of the molecule is O[C@@H]1COC[C@H]1Nc1ncccn1. The molecule has 1 saturated heterocycles. The molecule has 5 heteroatoms. The highest BCUT2D eigenvalue weighted by Crippen LogP contribution is 2.09. The molecule has 1 fully saturated rings. The summed E-state index contributed by atoms with van der Waals surface area (Å²) < 4.78 is 5.07. The number of nitrogens with one attached hydrogen (secondary N) is 1. The van der Waals surface area contributed by atoms with E-state index < -0.39 is 6.10 Å². The van der Waals surface area contributed by atoms with Gasteiger partial charge in [0.1, 0.15) is 0 Å². The van der Waals surface area contributed by atoms with Gasteiger partial charge in [0.25, 0.3) is 0 Å². The number of rotatable bonds is 2. The van der Waals surface area contributed by atoms with Crippen molar-refractivity contribution in [2.24, 2.45) is 0 Å². The average Bonchev–Trinajstić information content (AvgIpc) is 2.54. The third-order valence-electron chi connectivity index (χ3n) is 1.93. The monoisotopic (exact) mass is 181 g/mol. The van der Waals surface area contributed by atoms with Crippen molar-refractivity contribution in [3.05, 3.63) is 18.5 Å². The van der Waals surface area contributed by atoms with Crippen LogP contribution < -0.4 is 5.32 Å². The van der Waals surface area contributed by atoms with Crippen LogP contribution in [0.3, 0.4) is 0 Å². The summed E-state index contributed by atoms with van der Waals surface area (Å²) in [5.74, 6) is 0.525. The van der Waals surface area contributed by atoms with Crippen molar-refractivity contribution in [3.63, 3.8) is 0 Å². The Morgan fingerprint density at radius 3 is 2.77 bits per heavy atom. The lowest BCUT2D eigenvalue weighted by Gasteiger charge is -2.13. The van der Waals surface area contributed by atoms with Gasteiger partial charge >= 0.3 is 0 Å². The molecule has 70 valence electrons. The summed E-state index contributed by atoms with van der Waals surface area (Å²) in [5.41, 5.74) is 0. The minimum atomic E-state index is -0.469. The summed E-state index contributed by atoms with van der Waals surface area (Å²) in [6.45, 7) is 0.879. The van der Waals surface area contributed by atoms with Gasteiger partial charge in [0.15, 0.2) is 0 Å². The Kier molecular flexibility index (Phi) is 2.37. The van der Waals surface area contributed by atoms with Crippen molar-refractivity contribution in [2.75, 3.05) is 18.5 Å². The van der Waals surface area contributed by atoms with E-state index in [0.29, 0.717) is 19.2 Å². The minimum Gasteiger partial charge on any atom is -0.388 e. The number of aromatic nitrogens is 2. The first-order chi connectivity index (χ1) is 6.36. The maximum atomic E-state index is 9.41. The number of anilines is 1. The first kappa shape index (κ1) is 8.40. The van der Waals surface area contributed by atoms with Gasteiger partial charge in [-0.05, 0) is 6.07 Å². The number of hydrogen-bond donors (Lipinski definition) is 2. The lowest BCUT2D eigenvalue weighted by molar-refractivity contribution is 0.125. The fourth-order valence-corrected chi connectivity index (χ4v) is 1.22. The Balaban J connectivity index is 1.98. The molecule has 1 aromatic heterocycles. The third-order valence-corrected chi connectivity index (χ3v) is 1.93. The summed E-state index contributed by atoms with van der Waals surface area (Å²) in [6, 6.07) is 1.65. The lowest BCUT2D eigenvalue weighted by atomic mass is 10.2. The van der Waals surface area contributed by atoms with E-state index in [1.54, 1.807) is 18.5 Å². The zero-order valence-electron chi connectivity index (χ0n) is 7.05. The summed E-state index contributed by atoms with van der Waals surface area (Å²) in [5, 5.41) is 12.4. The molecule has 0 bridgehead atoms. The van der Waals surface area contributed by atoms with Crippen molar-refractivity contribution in [1.29, 1.82) is 0 Å². The quantitative estimate of drug-likeness (QED) is 0.652. The van der Waals surface area contributed by atoms with Crippen LogP contribution in [0, 0.1) is 0 Å². The van der Waals surface area contributed by atoms with Crippen molar-refractivity contribution < 1.29 is 9.84 Å². The van der Waals surface area contributed by atoms with Crippen LogP contribution in [0.4, 0.5) is 5.95 Å². The van der Waals surface area contributed by atoms with Crippen LogP contribution in [0.15, 0.2) is 18.5 Å². The predicted octanol–water partition coefficient (Wildman–Crippen LogP) is -0.352. The second kappa shape index (κ2) is 3.68. The summed E-state index contributed by atoms with van der Waals surface area (Å²) in [4.78, 5) is 7.98. The van der Waals surface area contributed by atoms with Gasteiger partial charge in [-0.25, -0.2) is 9.97 Å². The van der Waals surface area contributed by atoms with Crippen LogP contribution in [0.5, 0.6) is 0 Å². The Labute approximate surface area is 75.8 Å². The summed E-state index contributed by atoms with van der Waals surface area (Å²) in [7, 11) is 0. The molecule has 2 N–H and O–H groups in total. The standard InChI is InChI=1S/C8H11N3O2/c12-7-5-13-4-6(7)11-8-9-2-1-3-10-8/h1-3,6-7,12H,4-5H2,(H,9,10,11)/t6-,7-/m1/s1. The molecule has 2 atom stereocenters. The molecule has 0 saturated carbocycles. The molecule has 0 spiro atoms. The predicted molar refractivity (Wildman–Crippen MR) is 46.3 cm³/mol. The molecule has 0 aromatic carbocycles. The molecule has 2 rings (SSSR count). The van der Waals surface area contributed by atoms with Crippen LogP contribution in [-0.2, 0) is 4.74 Å². The van der Waals surface area contributed by atoms with Gasteiger partial charge in [-0.15, -0.1) is 0 Å². The number of aliphatic hydroxyl groups excluding tert-OH is 1. The van der Waals surface area contributed by atoms with Crippen molar-refractivity contribution in [3.8, 4) is 0 Å². The van der Waals surface area contributed by atoms with Crippen LogP contribution in [-0.4, -0.2) is 40.4 Å². The molecule has 13 heavy (non-hydrogen) atoms. The van der Waals surface area contributed by atoms with E-state index in [9.17, 15) is 5.11 Å². The zero-order chi connectivity index (χ0) is 9.10. The van der Waals surface area contributed by atoms with Crippen molar-refractivity contribution >= 4 is 5.95 Å². The lowest BCUT2D eigenvalue weighted by Crippen LogP contribution is -2.32. The molecule has 2 heterocycles. The van der Waals surface area contributed by atoms with Crippen molar-refractivity contribution in [2.45, 2.75) is 12.1 Å². The largest absolute Gasteiger partial charge is 0.388 e. The van der Waals surface area contributed by atoms with Gasteiger partial charge in [-0.2, -0.15) is 0 Å². The van der Waals surface area contributed by atoms with E-state index in [1.807, 2.05) is 0 Å². The maximum absolute atomic E-state index is 9.41. The molecule has 1 aliphatic rings. The molecule has 0 radical (unpaired) electrons. The minimum absolute atomic E-state index is 0.0950. The van der Waals surface area contributed by atoms with Gasteiger partial charge in [0.05, 0.1) is 25.4 Å². The van der Waals surface area contributed by atoms with E-state index in [4.69, 9.17) is 4.74 Å². The maximum Gasteiger partial charge on any atom is 0.222 e. The van der Waals surface area contributed by atoms with Gasteiger partial charge in [0.2, 0.25) is 5.95 Å². The summed E-state index contributed by atoms with van der Waals surface area (Å²) in [6.07, 6.45) is 2.83. The smallest absolute Gasteiger partial charge is 0.222 e. The number of hydrogen-bond acceptors (Lipinski definition) is 5. The fraction of sp³-hybridized carbons (Fsp3) is 0.500. The van der Waals surface area contributed by atoms with Crippen LogP contribution in [0.2, 0.25) is 0 Å². The Morgan fingerprint density at radius 2 is 2.15 bits per heavy atom. The molecule has 0 amide bonds. The van der Waals surface area contributed by atoms with Crippen LogP contribution >= 0.6 is 0 Å². The topological polar surface area (TPSA) is 67.3 Å². The first-order valence-corrected chi connectivity index (χ1v) is 4.15. The molecular weight excluding hydrogens is 170 g/mol. The second-order valence-electron chi connectivity index (χ2n) is 2.93. The van der Waals surface area contributed by atoms with E-state index in [-0.39, 0.29) is 6.04 Å². The number of ether oxygens (including phenoxy) is 1. The van der Waals surface area contributed by atoms with E-state index in [1.165, 1.54) is 0 Å². The molecule has 0 unspecified atom stereocenters. The second-order valence-corrected chi connectivity index (χ2v) is 2.93. The van der Waals surface area contributed by atoms with Crippen molar-refractivity contribution in [1.82, 2.24) is 9.97 Å². The molecule has 1 aromatic rings.